The van der Waals surface area contributed by atoms with Crippen LogP contribution in [0.2, 0.25) is 5.02 Å². The Morgan fingerprint density at radius 1 is 1.14 bits per heavy atom. The minimum Gasteiger partial charge on any atom is -0.480 e. The maximum atomic E-state index is 5.99. The van der Waals surface area contributed by atoms with E-state index in [4.69, 9.17) is 21.3 Å². The molecule has 2 heterocycles. The highest BCUT2D eigenvalue weighted by Gasteiger charge is 2.14. The van der Waals surface area contributed by atoms with Crippen molar-refractivity contribution in [2.45, 2.75) is 11.9 Å². The molecule has 0 atom stereocenters. The Kier molecular flexibility index (Phi) is 4.50. The molecule has 0 fully saturated rings. The third-order valence-corrected chi connectivity index (χ3v) is 4.35. The Labute approximate surface area is 138 Å². The number of aromatic nitrogens is 2. The summed E-state index contributed by atoms with van der Waals surface area (Å²) in [5.74, 6) is 1.55. The lowest BCUT2D eigenvalue weighted by Crippen LogP contribution is -1.95. The minimum absolute atomic E-state index is 0.570. The van der Waals surface area contributed by atoms with Crippen molar-refractivity contribution in [3.8, 4) is 17.0 Å². The maximum Gasteiger partial charge on any atom is 0.223 e. The fourth-order valence-corrected chi connectivity index (χ4v) is 3.05. The highest BCUT2D eigenvalue weighted by molar-refractivity contribution is 7.99. The molecule has 5 heteroatoms. The monoisotopic (exact) mass is 330 g/mol. The van der Waals surface area contributed by atoms with E-state index >= 15 is 0 Å². The van der Waals surface area contributed by atoms with Crippen LogP contribution in [0.4, 0.5) is 0 Å². The van der Waals surface area contributed by atoms with E-state index in [1.807, 2.05) is 36.4 Å². The second-order valence-electron chi connectivity index (χ2n) is 4.67. The predicted octanol–water partition coefficient (Wildman–Crippen LogP) is 5.07. The lowest BCUT2D eigenvalue weighted by Gasteiger charge is -2.11. The molecule has 0 spiro atoms. The van der Waals surface area contributed by atoms with E-state index in [1.54, 1.807) is 25.1 Å². The molecule has 0 amide bonds. The Bertz CT molecular complexity index is 806. The van der Waals surface area contributed by atoms with Gasteiger partial charge in [-0.3, -0.25) is 0 Å². The molecule has 112 valence electrons. The fourth-order valence-electron chi connectivity index (χ4n) is 2.31. The molecule has 3 rings (SSSR count). The number of halogens is 1. The molecule has 3 aromatic rings. The highest BCUT2D eigenvalue weighted by Crippen LogP contribution is 2.35. The summed E-state index contributed by atoms with van der Waals surface area (Å²) in [7, 11) is 1.62. The van der Waals surface area contributed by atoms with Crippen LogP contribution >= 0.6 is 23.4 Å². The molecule has 0 unspecified atom stereocenters. The van der Waals surface area contributed by atoms with Crippen LogP contribution in [0.3, 0.4) is 0 Å². The van der Waals surface area contributed by atoms with Gasteiger partial charge in [-0.25, -0.2) is 9.97 Å². The van der Waals surface area contributed by atoms with Crippen LogP contribution in [0, 0.1) is 0 Å². The van der Waals surface area contributed by atoms with Crippen LogP contribution in [-0.4, -0.2) is 22.8 Å². The number of ether oxygens (including phenoxy) is 1. The van der Waals surface area contributed by atoms with Gasteiger partial charge in [-0.05, 0) is 35.6 Å². The lowest BCUT2D eigenvalue weighted by molar-refractivity contribution is 0.400. The zero-order chi connectivity index (χ0) is 15.5. The van der Waals surface area contributed by atoms with Crippen molar-refractivity contribution in [3.63, 3.8) is 0 Å². The predicted molar refractivity (Wildman–Crippen MR) is 92.9 cm³/mol. The maximum absolute atomic E-state index is 5.99. The van der Waals surface area contributed by atoms with Gasteiger partial charge in [0.2, 0.25) is 5.88 Å². The van der Waals surface area contributed by atoms with Crippen molar-refractivity contribution in [2.24, 2.45) is 0 Å². The molecule has 0 aliphatic rings. The van der Waals surface area contributed by atoms with Crippen molar-refractivity contribution in [1.82, 2.24) is 9.97 Å². The lowest BCUT2D eigenvalue weighted by atomic mass is 10.0. The smallest absolute Gasteiger partial charge is 0.223 e. The minimum atomic E-state index is 0.570. The van der Waals surface area contributed by atoms with Gasteiger partial charge in [0.05, 0.1) is 23.2 Å². The van der Waals surface area contributed by atoms with Crippen molar-refractivity contribution in [3.05, 3.63) is 47.6 Å². The summed E-state index contributed by atoms with van der Waals surface area (Å²) in [5, 5.41) is 2.69. The van der Waals surface area contributed by atoms with Crippen molar-refractivity contribution >= 4 is 34.3 Å². The summed E-state index contributed by atoms with van der Waals surface area (Å²) in [6, 6.07) is 11.7. The molecule has 0 radical (unpaired) electrons. The topological polar surface area (TPSA) is 35.0 Å². The first kappa shape index (κ1) is 15.1. The van der Waals surface area contributed by atoms with Gasteiger partial charge in [0.15, 0.2) is 0 Å². The van der Waals surface area contributed by atoms with E-state index in [0.29, 0.717) is 10.9 Å². The summed E-state index contributed by atoms with van der Waals surface area (Å²) < 4.78 is 5.45. The number of thioether (sulfide) groups is 1. The number of pyridine rings is 2. The highest BCUT2D eigenvalue weighted by atomic mass is 35.5. The molecule has 0 bridgehead atoms. The van der Waals surface area contributed by atoms with Gasteiger partial charge in [-0.15, -0.1) is 11.8 Å². The van der Waals surface area contributed by atoms with Gasteiger partial charge in [-0.2, -0.15) is 0 Å². The van der Waals surface area contributed by atoms with E-state index in [2.05, 4.69) is 11.9 Å². The van der Waals surface area contributed by atoms with E-state index in [-0.39, 0.29) is 0 Å². The van der Waals surface area contributed by atoms with Crippen LogP contribution in [0.15, 0.2) is 47.6 Å². The molecule has 0 saturated heterocycles. The fraction of sp³-hybridized carbons (Fsp3) is 0.176. The van der Waals surface area contributed by atoms with Crippen molar-refractivity contribution in [1.29, 1.82) is 0 Å². The van der Waals surface area contributed by atoms with Gasteiger partial charge in [-0.1, -0.05) is 30.7 Å². The van der Waals surface area contributed by atoms with E-state index in [1.165, 1.54) is 0 Å². The van der Waals surface area contributed by atoms with Gasteiger partial charge >= 0.3 is 0 Å². The molecule has 1 aromatic carbocycles. The number of benzene rings is 1. The summed E-state index contributed by atoms with van der Waals surface area (Å²) >= 11 is 7.71. The molecule has 3 nitrogen and oxygen atoms in total. The zero-order valence-corrected chi connectivity index (χ0v) is 13.9. The SMILES string of the molecule is CCSc1ccc2cnc(OC)c(-c3ccc(Cl)cc3)c2n1. The Morgan fingerprint density at radius 3 is 2.59 bits per heavy atom. The van der Waals surface area contributed by atoms with Gasteiger partial charge in [0.25, 0.3) is 0 Å². The molecular weight excluding hydrogens is 316 g/mol. The number of hydrogen-bond donors (Lipinski definition) is 0. The number of nitrogens with zero attached hydrogens (tertiary/aromatic N) is 2. The quantitative estimate of drug-likeness (QED) is 0.625. The van der Waals surface area contributed by atoms with E-state index in [9.17, 15) is 0 Å². The second kappa shape index (κ2) is 6.55. The third-order valence-electron chi connectivity index (χ3n) is 3.29. The number of methoxy groups -OCH3 is 1. The summed E-state index contributed by atoms with van der Waals surface area (Å²) in [5.41, 5.74) is 2.79. The first-order valence-corrected chi connectivity index (χ1v) is 8.31. The third kappa shape index (κ3) is 2.89. The summed E-state index contributed by atoms with van der Waals surface area (Å²) in [4.78, 5) is 9.18. The molecule has 0 N–H and O–H groups in total. The molecule has 0 aliphatic heterocycles. The Hall–Kier alpha value is -1.78. The summed E-state index contributed by atoms with van der Waals surface area (Å²) in [6.07, 6.45) is 1.79. The van der Waals surface area contributed by atoms with Gasteiger partial charge in [0.1, 0.15) is 0 Å². The first-order valence-electron chi connectivity index (χ1n) is 6.95. The standard InChI is InChI=1S/C17H15ClN2OS/c1-3-22-14-9-6-12-10-19-17(21-2)15(16(12)20-14)11-4-7-13(18)8-5-11/h4-10H,3H2,1-2H3. The number of fused-ring (bicyclic) bond motifs is 1. The zero-order valence-electron chi connectivity index (χ0n) is 12.3. The number of hydrogen-bond acceptors (Lipinski definition) is 4. The van der Waals surface area contributed by atoms with E-state index < -0.39 is 0 Å². The summed E-state index contributed by atoms with van der Waals surface area (Å²) in [6.45, 7) is 2.11. The average molecular weight is 331 g/mol. The van der Waals surface area contributed by atoms with Crippen LogP contribution < -0.4 is 4.74 Å². The molecule has 0 saturated carbocycles. The molecule has 2 aromatic heterocycles. The first-order chi connectivity index (χ1) is 10.7. The molecule has 0 aliphatic carbocycles. The van der Waals surface area contributed by atoms with Crippen LogP contribution in [-0.2, 0) is 0 Å². The van der Waals surface area contributed by atoms with Crippen LogP contribution in [0.5, 0.6) is 5.88 Å². The molecular formula is C17H15ClN2OS. The number of rotatable bonds is 4. The second-order valence-corrected chi connectivity index (χ2v) is 6.39. The van der Waals surface area contributed by atoms with Crippen molar-refractivity contribution in [2.75, 3.05) is 12.9 Å². The van der Waals surface area contributed by atoms with Gasteiger partial charge < -0.3 is 4.74 Å². The normalized spacial score (nSPS) is 10.9. The Morgan fingerprint density at radius 2 is 1.91 bits per heavy atom. The van der Waals surface area contributed by atoms with Crippen molar-refractivity contribution < 1.29 is 4.74 Å². The largest absolute Gasteiger partial charge is 0.480 e. The molecule has 22 heavy (non-hydrogen) atoms. The van der Waals surface area contributed by atoms with Gasteiger partial charge in [0, 0.05) is 16.6 Å². The van der Waals surface area contributed by atoms with Crippen LogP contribution in [0.25, 0.3) is 22.0 Å². The Balaban J connectivity index is 2.27. The van der Waals surface area contributed by atoms with E-state index in [0.717, 1.165) is 32.8 Å². The average Bonchev–Trinajstić information content (AvgIpc) is 2.55. The van der Waals surface area contributed by atoms with Crippen LogP contribution in [0.1, 0.15) is 6.92 Å².